The van der Waals surface area contributed by atoms with Crippen LogP contribution in [0.1, 0.15) is 30.9 Å². The van der Waals surface area contributed by atoms with Crippen molar-refractivity contribution in [1.29, 1.82) is 0 Å². The van der Waals surface area contributed by atoms with E-state index in [0.29, 0.717) is 12.0 Å². The number of alkyl halides is 3. The van der Waals surface area contributed by atoms with Gasteiger partial charge in [-0.2, -0.15) is 13.2 Å². The molecular weight excluding hydrogens is 217 g/mol. The van der Waals surface area contributed by atoms with Gasteiger partial charge in [0.15, 0.2) is 0 Å². The molecule has 0 bridgehead atoms. The summed E-state index contributed by atoms with van der Waals surface area (Å²) in [7, 11) is 0. The van der Waals surface area contributed by atoms with E-state index < -0.39 is 17.3 Å². The van der Waals surface area contributed by atoms with Crippen molar-refractivity contribution in [1.82, 2.24) is 0 Å². The van der Waals surface area contributed by atoms with Gasteiger partial charge in [-0.15, -0.1) is 0 Å². The third kappa shape index (κ3) is 1.82. The molecule has 0 aromatic heterocycles. The maximum Gasteiger partial charge on any atom is 0.416 e. The molecule has 2 unspecified atom stereocenters. The van der Waals surface area contributed by atoms with Crippen molar-refractivity contribution in [3.8, 4) is 0 Å². The van der Waals surface area contributed by atoms with Crippen molar-refractivity contribution in [3.63, 3.8) is 0 Å². The minimum absolute atomic E-state index is 0.0935. The second-order valence-corrected chi connectivity index (χ2v) is 4.31. The van der Waals surface area contributed by atoms with Crippen molar-refractivity contribution in [2.45, 2.75) is 31.5 Å². The Balaban J connectivity index is 2.31. The Kier molecular flexibility index (Phi) is 2.49. The van der Waals surface area contributed by atoms with Gasteiger partial charge in [-0.1, -0.05) is 25.5 Å². The fraction of sp³-hybridized carbons (Fsp3) is 0.500. The van der Waals surface area contributed by atoms with Gasteiger partial charge in [0, 0.05) is 0 Å². The number of benzene rings is 1. The summed E-state index contributed by atoms with van der Waals surface area (Å²) in [6, 6.07) is 4.98. The topological polar surface area (TPSA) is 20.2 Å². The number of halogens is 3. The van der Waals surface area contributed by atoms with Crippen LogP contribution in [-0.2, 0) is 11.8 Å². The zero-order valence-corrected chi connectivity index (χ0v) is 8.88. The van der Waals surface area contributed by atoms with Crippen LogP contribution in [0.5, 0.6) is 0 Å². The Morgan fingerprint density at radius 2 is 2.12 bits per heavy atom. The summed E-state index contributed by atoms with van der Waals surface area (Å²) < 4.78 is 37.4. The Morgan fingerprint density at radius 3 is 2.62 bits per heavy atom. The number of hydrogen-bond acceptors (Lipinski definition) is 1. The lowest BCUT2D eigenvalue weighted by Gasteiger charge is -2.13. The average molecular weight is 230 g/mol. The van der Waals surface area contributed by atoms with Crippen molar-refractivity contribution in [2.24, 2.45) is 5.92 Å². The first-order chi connectivity index (χ1) is 7.38. The molecule has 0 aliphatic heterocycles. The molecule has 1 N–H and O–H groups in total. The van der Waals surface area contributed by atoms with Gasteiger partial charge >= 0.3 is 6.18 Å². The van der Waals surface area contributed by atoms with E-state index in [9.17, 15) is 18.3 Å². The molecule has 1 aromatic carbocycles. The fourth-order valence-corrected chi connectivity index (χ4v) is 2.12. The van der Waals surface area contributed by atoms with E-state index >= 15 is 0 Å². The fourth-order valence-electron chi connectivity index (χ4n) is 2.12. The average Bonchev–Trinajstić information content (AvgIpc) is 2.90. The number of rotatable bonds is 2. The second kappa shape index (κ2) is 3.48. The lowest BCUT2D eigenvalue weighted by atomic mass is 10.0. The first kappa shape index (κ1) is 11.5. The van der Waals surface area contributed by atoms with Gasteiger partial charge in [-0.3, -0.25) is 0 Å². The van der Waals surface area contributed by atoms with Crippen LogP contribution < -0.4 is 0 Å². The summed E-state index contributed by atoms with van der Waals surface area (Å²) in [6.45, 7) is 1.93. The minimum atomic E-state index is -4.34. The zero-order valence-electron chi connectivity index (χ0n) is 8.88. The summed E-state index contributed by atoms with van der Waals surface area (Å²) in [6.07, 6.45) is -3.00. The summed E-state index contributed by atoms with van der Waals surface area (Å²) >= 11 is 0. The van der Waals surface area contributed by atoms with Crippen molar-refractivity contribution < 1.29 is 18.3 Å². The molecule has 88 valence electrons. The van der Waals surface area contributed by atoms with Crippen molar-refractivity contribution in [3.05, 3.63) is 35.4 Å². The monoisotopic (exact) mass is 230 g/mol. The molecule has 2 rings (SSSR count). The Hall–Kier alpha value is -1.03. The molecule has 16 heavy (non-hydrogen) atoms. The Bertz CT molecular complexity index is 399. The molecule has 0 amide bonds. The largest absolute Gasteiger partial charge is 0.416 e. The Morgan fingerprint density at radius 1 is 1.44 bits per heavy atom. The molecule has 2 atom stereocenters. The zero-order chi connectivity index (χ0) is 12.0. The molecule has 1 saturated carbocycles. The highest BCUT2D eigenvalue weighted by molar-refractivity contribution is 5.34. The third-order valence-electron chi connectivity index (χ3n) is 3.26. The minimum Gasteiger partial charge on any atom is -0.385 e. The molecule has 1 nitrogen and oxygen atoms in total. The molecule has 0 heterocycles. The van der Waals surface area contributed by atoms with Crippen LogP contribution in [0.4, 0.5) is 13.2 Å². The van der Waals surface area contributed by atoms with E-state index in [1.54, 1.807) is 6.07 Å². The quantitative estimate of drug-likeness (QED) is 0.826. The maximum atomic E-state index is 12.5. The van der Waals surface area contributed by atoms with Crippen LogP contribution in [0.15, 0.2) is 24.3 Å². The van der Waals surface area contributed by atoms with E-state index in [-0.39, 0.29) is 5.92 Å². The van der Waals surface area contributed by atoms with Crippen LogP contribution in [-0.4, -0.2) is 5.11 Å². The van der Waals surface area contributed by atoms with Crippen LogP contribution >= 0.6 is 0 Å². The standard InChI is InChI=1S/C12H13F3O/c1-2-8-7-11(8,16)9-4-3-5-10(6-9)12(13,14)15/h3-6,8,16H,2,7H2,1H3. The summed E-state index contributed by atoms with van der Waals surface area (Å²) in [5, 5.41) is 10.1. The van der Waals surface area contributed by atoms with Crippen molar-refractivity contribution in [2.75, 3.05) is 0 Å². The van der Waals surface area contributed by atoms with Gasteiger partial charge < -0.3 is 5.11 Å². The highest BCUT2D eigenvalue weighted by Gasteiger charge is 2.53. The molecule has 0 saturated heterocycles. The summed E-state index contributed by atoms with van der Waals surface area (Å²) in [4.78, 5) is 0. The van der Waals surface area contributed by atoms with Crippen molar-refractivity contribution >= 4 is 0 Å². The van der Waals surface area contributed by atoms with E-state index in [1.165, 1.54) is 6.07 Å². The number of aliphatic hydroxyl groups is 1. The van der Waals surface area contributed by atoms with Crippen LogP contribution in [0, 0.1) is 5.92 Å². The highest BCUT2D eigenvalue weighted by atomic mass is 19.4. The lowest BCUT2D eigenvalue weighted by Crippen LogP contribution is -2.11. The predicted molar refractivity (Wildman–Crippen MR) is 53.7 cm³/mol. The van der Waals surface area contributed by atoms with E-state index in [0.717, 1.165) is 18.6 Å². The Labute approximate surface area is 91.9 Å². The lowest BCUT2D eigenvalue weighted by molar-refractivity contribution is -0.137. The molecule has 1 aromatic rings. The molecule has 1 aliphatic carbocycles. The molecule has 4 heteroatoms. The van der Waals surface area contributed by atoms with Crippen LogP contribution in [0.2, 0.25) is 0 Å². The summed E-state index contributed by atoms with van der Waals surface area (Å²) in [5.41, 5.74) is -1.34. The van der Waals surface area contributed by atoms with Gasteiger partial charge in [0.2, 0.25) is 0 Å². The second-order valence-electron chi connectivity index (χ2n) is 4.31. The molecule has 0 spiro atoms. The first-order valence-corrected chi connectivity index (χ1v) is 5.28. The van der Waals surface area contributed by atoms with Gasteiger partial charge in [0.1, 0.15) is 0 Å². The third-order valence-corrected chi connectivity index (χ3v) is 3.26. The SMILES string of the molecule is CCC1CC1(O)c1cccc(C(F)(F)F)c1. The van der Waals surface area contributed by atoms with Gasteiger partial charge in [-0.25, -0.2) is 0 Å². The van der Waals surface area contributed by atoms with Gasteiger partial charge in [0.25, 0.3) is 0 Å². The first-order valence-electron chi connectivity index (χ1n) is 5.28. The normalized spacial score (nSPS) is 29.2. The van der Waals surface area contributed by atoms with Crippen LogP contribution in [0.3, 0.4) is 0 Å². The maximum absolute atomic E-state index is 12.5. The predicted octanol–water partition coefficient (Wildman–Crippen LogP) is 3.32. The highest BCUT2D eigenvalue weighted by Crippen LogP contribution is 2.54. The van der Waals surface area contributed by atoms with Crippen LogP contribution in [0.25, 0.3) is 0 Å². The summed E-state index contributed by atoms with van der Waals surface area (Å²) in [5.74, 6) is 0.0935. The molecule has 0 radical (unpaired) electrons. The smallest absolute Gasteiger partial charge is 0.385 e. The molecular formula is C12H13F3O. The van der Waals surface area contributed by atoms with E-state index in [2.05, 4.69) is 0 Å². The van der Waals surface area contributed by atoms with Gasteiger partial charge in [-0.05, 0) is 30.0 Å². The molecule has 1 fully saturated rings. The van der Waals surface area contributed by atoms with E-state index in [1.807, 2.05) is 6.92 Å². The van der Waals surface area contributed by atoms with E-state index in [4.69, 9.17) is 0 Å². The van der Waals surface area contributed by atoms with Gasteiger partial charge in [0.05, 0.1) is 11.2 Å². The molecule has 1 aliphatic rings. The number of hydrogen-bond donors (Lipinski definition) is 1.